The molecule has 176 valence electrons. The molecule has 0 aliphatic heterocycles. The lowest BCUT2D eigenvalue weighted by atomic mass is 9.83. The molecule has 0 saturated heterocycles. The zero-order chi connectivity index (χ0) is 22.3. The van der Waals surface area contributed by atoms with Gasteiger partial charge in [0, 0.05) is 0 Å². The second-order valence-corrected chi connectivity index (χ2v) is 9.06. The first-order valence-corrected chi connectivity index (χ1v) is 12.7. The normalized spacial score (nSPS) is 19.7. The van der Waals surface area contributed by atoms with Crippen LogP contribution in [0.5, 0.6) is 5.75 Å². The second-order valence-electron chi connectivity index (χ2n) is 9.06. The molecule has 1 aliphatic carbocycles. The number of carbonyl (C=O) groups excluding carboxylic acids is 1. The van der Waals surface area contributed by atoms with Gasteiger partial charge in [-0.3, -0.25) is 0 Å². The Kier molecular flexibility index (Phi) is 12.6. The summed E-state index contributed by atoms with van der Waals surface area (Å²) in [7, 11) is 0. The molecule has 4 heteroatoms. The second kappa shape index (κ2) is 15.3. The maximum absolute atomic E-state index is 13.8. The molecule has 1 fully saturated rings. The van der Waals surface area contributed by atoms with Crippen molar-refractivity contribution < 1.29 is 18.7 Å². The van der Waals surface area contributed by atoms with E-state index in [9.17, 15) is 9.18 Å². The van der Waals surface area contributed by atoms with E-state index in [0.717, 1.165) is 57.3 Å². The van der Waals surface area contributed by atoms with Gasteiger partial charge in [-0.05, 0) is 62.1 Å². The van der Waals surface area contributed by atoms with Crippen LogP contribution in [0.4, 0.5) is 4.39 Å². The van der Waals surface area contributed by atoms with Gasteiger partial charge >= 0.3 is 5.97 Å². The number of hydrogen-bond donors (Lipinski definition) is 0. The van der Waals surface area contributed by atoms with Gasteiger partial charge in [0.25, 0.3) is 0 Å². The number of halogens is 1. The van der Waals surface area contributed by atoms with E-state index >= 15 is 0 Å². The Balaban J connectivity index is 1.62. The van der Waals surface area contributed by atoms with E-state index in [1.54, 1.807) is 0 Å². The van der Waals surface area contributed by atoms with E-state index in [1.807, 2.05) is 6.92 Å². The molecule has 0 spiro atoms. The van der Waals surface area contributed by atoms with Crippen LogP contribution in [0, 0.1) is 0 Å². The largest absolute Gasteiger partial charge is 0.494 e. The van der Waals surface area contributed by atoms with Gasteiger partial charge in [-0.15, -0.1) is 0 Å². The number of rotatable bonds is 15. The average molecular weight is 435 g/mol. The summed E-state index contributed by atoms with van der Waals surface area (Å²) in [6.07, 6.45) is 12.9. The van der Waals surface area contributed by atoms with Crippen LogP contribution in [0.1, 0.15) is 115 Å². The SMILES string of the molecule is CCCCCCCCCOc1ccc([C@H]2CC[C@H](OC(=O)[C@@H](F)CCCC)CC2)cc1. The fraction of sp³-hybridized carbons (Fsp3) is 0.741. The summed E-state index contributed by atoms with van der Waals surface area (Å²) in [6.45, 7) is 5.03. The summed E-state index contributed by atoms with van der Waals surface area (Å²) in [5.74, 6) is 0.756. The molecule has 0 heterocycles. The fourth-order valence-corrected chi connectivity index (χ4v) is 4.34. The minimum atomic E-state index is -1.47. The predicted octanol–water partition coefficient (Wildman–Crippen LogP) is 7.91. The summed E-state index contributed by atoms with van der Waals surface area (Å²) < 4.78 is 25.1. The molecule has 3 nitrogen and oxygen atoms in total. The maximum Gasteiger partial charge on any atom is 0.340 e. The van der Waals surface area contributed by atoms with Gasteiger partial charge in [0.05, 0.1) is 6.61 Å². The van der Waals surface area contributed by atoms with Crippen LogP contribution in [-0.4, -0.2) is 24.9 Å². The lowest BCUT2D eigenvalue weighted by molar-refractivity contribution is -0.157. The lowest BCUT2D eigenvalue weighted by Gasteiger charge is -2.29. The molecule has 0 bridgehead atoms. The van der Waals surface area contributed by atoms with Crippen LogP contribution >= 0.6 is 0 Å². The monoisotopic (exact) mass is 434 g/mol. The molecule has 1 atom stereocenters. The van der Waals surface area contributed by atoms with Crippen LogP contribution in [0.2, 0.25) is 0 Å². The first-order chi connectivity index (χ1) is 15.1. The average Bonchev–Trinajstić information content (AvgIpc) is 2.80. The molecule has 0 N–H and O–H groups in total. The number of alkyl halides is 1. The summed E-state index contributed by atoms with van der Waals surface area (Å²) in [5.41, 5.74) is 1.32. The third-order valence-corrected chi connectivity index (χ3v) is 6.39. The van der Waals surface area contributed by atoms with Gasteiger partial charge in [0.2, 0.25) is 0 Å². The van der Waals surface area contributed by atoms with Gasteiger partial charge in [-0.25, -0.2) is 9.18 Å². The Morgan fingerprint density at radius 3 is 2.16 bits per heavy atom. The first kappa shape index (κ1) is 25.7. The van der Waals surface area contributed by atoms with Crippen molar-refractivity contribution in [1.29, 1.82) is 0 Å². The Bertz CT molecular complexity index is 593. The van der Waals surface area contributed by atoms with Crippen molar-refractivity contribution in [2.75, 3.05) is 6.61 Å². The van der Waals surface area contributed by atoms with E-state index in [4.69, 9.17) is 9.47 Å². The van der Waals surface area contributed by atoms with Crippen molar-refractivity contribution in [3.05, 3.63) is 29.8 Å². The van der Waals surface area contributed by atoms with Crippen molar-refractivity contribution in [3.63, 3.8) is 0 Å². The van der Waals surface area contributed by atoms with E-state index in [2.05, 4.69) is 31.2 Å². The Morgan fingerprint density at radius 1 is 0.903 bits per heavy atom. The van der Waals surface area contributed by atoms with Crippen molar-refractivity contribution in [2.45, 2.75) is 122 Å². The molecule has 31 heavy (non-hydrogen) atoms. The molecule has 0 aromatic heterocycles. The smallest absolute Gasteiger partial charge is 0.340 e. The third kappa shape index (κ3) is 10.1. The molecular weight excluding hydrogens is 391 g/mol. The topological polar surface area (TPSA) is 35.5 Å². The highest BCUT2D eigenvalue weighted by molar-refractivity contribution is 5.74. The first-order valence-electron chi connectivity index (χ1n) is 12.7. The minimum absolute atomic E-state index is 0.131. The van der Waals surface area contributed by atoms with Crippen LogP contribution in [-0.2, 0) is 9.53 Å². The molecule has 2 rings (SSSR count). The highest BCUT2D eigenvalue weighted by atomic mass is 19.1. The van der Waals surface area contributed by atoms with Crippen LogP contribution < -0.4 is 4.74 Å². The Labute approximate surface area is 189 Å². The Morgan fingerprint density at radius 2 is 1.52 bits per heavy atom. The molecule has 0 unspecified atom stereocenters. The molecular formula is C27H43FO3. The highest BCUT2D eigenvalue weighted by Gasteiger charge is 2.27. The molecule has 0 radical (unpaired) electrons. The van der Waals surface area contributed by atoms with E-state index in [0.29, 0.717) is 5.92 Å². The van der Waals surface area contributed by atoms with E-state index < -0.39 is 12.1 Å². The van der Waals surface area contributed by atoms with Gasteiger partial charge in [0.15, 0.2) is 6.17 Å². The number of benzene rings is 1. The summed E-state index contributed by atoms with van der Waals surface area (Å²) in [5, 5.41) is 0. The minimum Gasteiger partial charge on any atom is -0.494 e. The summed E-state index contributed by atoms with van der Waals surface area (Å²) in [4.78, 5) is 11.9. The zero-order valence-corrected chi connectivity index (χ0v) is 19.8. The van der Waals surface area contributed by atoms with Gasteiger partial charge in [-0.1, -0.05) is 77.3 Å². The standard InChI is InChI=1S/C27H43FO3/c1-3-5-7-8-9-10-11-21-30-24-17-13-22(14-18-24)23-15-19-25(20-16-23)31-27(29)26(28)12-6-4-2/h13-14,17-18,23,25-26H,3-12,15-16,19-21H2,1-2H3/t23-,25-,26-/m0/s1. The van der Waals surface area contributed by atoms with Gasteiger partial charge in [0.1, 0.15) is 11.9 Å². The van der Waals surface area contributed by atoms with Crippen LogP contribution in [0.15, 0.2) is 24.3 Å². The predicted molar refractivity (Wildman–Crippen MR) is 125 cm³/mol. The van der Waals surface area contributed by atoms with Crippen LogP contribution in [0.25, 0.3) is 0 Å². The summed E-state index contributed by atoms with van der Waals surface area (Å²) >= 11 is 0. The molecule has 1 saturated carbocycles. The van der Waals surface area contributed by atoms with E-state index in [1.165, 1.54) is 44.1 Å². The van der Waals surface area contributed by atoms with Gasteiger partial charge < -0.3 is 9.47 Å². The molecule has 1 aromatic carbocycles. The quantitative estimate of drug-likeness (QED) is 0.208. The lowest BCUT2D eigenvalue weighted by Crippen LogP contribution is -2.28. The van der Waals surface area contributed by atoms with Crippen molar-refractivity contribution in [3.8, 4) is 5.75 Å². The number of ether oxygens (including phenoxy) is 2. The maximum atomic E-state index is 13.8. The molecule has 0 amide bonds. The van der Waals surface area contributed by atoms with Crippen LogP contribution in [0.3, 0.4) is 0 Å². The van der Waals surface area contributed by atoms with Crippen molar-refractivity contribution in [1.82, 2.24) is 0 Å². The molecule has 1 aliphatic rings. The molecule has 1 aromatic rings. The number of hydrogen-bond acceptors (Lipinski definition) is 3. The third-order valence-electron chi connectivity index (χ3n) is 6.39. The van der Waals surface area contributed by atoms with Crippen molar-refractivity contribution in [2.24, 2.45) is 0 Å². The number of esters is 1. The highest BCUT2D eigenvalue weighted by Crippen LogP contribution is 2.35. The van der Waals surface area contributed by atoms with E-state index in [-0.39, 0.29) is 12.5 Å². The number of unbranched alkanes of at least 4 members (excludes halogenated alkanes) is 7. The fourth-order valence-electron chi connectivity index (χ4n) is 4.34. The van der Waals surface area contributed by atoms with Gasteiger partial charge in [-0.2, -0.15) is 0 Å². The number of carbonyl (C=O) groups is 1. The van der Waals surface area contributed by atoms with Crippen molar-refractivity contribution >= 4 is 5.97 Å². The zero-order valence-electron chi connectivity index (χ0n) is 19.8. The Hall–Kier alpha value is -1.58. The summed E-state index contributed by atoms with van der Waals surface area (Å²) in [6, 6.07) is 8.48.